The van der Waals surface area contributed by atoms with Gasteiger partial charge in [0.25, 0.3) is 0 Å². The summed E-state index contributed by atoms with van der Waals surface area (Å²) in [4.78, 5) is 0. The average molecular weight is 123 g/mol. The molecule has 2 aliphatic rings. The van der Waals surface area contributed by atoms with Gasteiger partial charge in [-0.3, -0.25) is 0 Å². The second-order valence-corrected chi connectivity index (χ2v) is 3.44. The van der Waals surface area contributed by atoms with Gasteiger partial charge in [0.2, 0.25) is 0 Å². The van der Waals surface area contributed by atoms with Gasteiger partial charge < -0.3 is 5.32 Å². The first kappa shape index (κ1) is 5.33. The molecular formula is C8H13N. The minimum Gasteiger partial charge on any atom is -0.388 e. The highest BCUT2D eigenvalue weighted by Crippen LogP contribution is 2.49. The molecule has 0 atom stereocenters. The van der Waals surface area contributed by atoms with Crippen molar-refractivity contribution in [3.63, 3.8) is 0 Å². The molecule has 0 radical (unpaired) electrons. The Labute approximate surface area is 56.1 Å². The zero-order valence-electron chi connectivity index (χ0n) is 5.91. The highest BCUT2D eigenvalue weighted by molar-refractivity contribution is 5.11. The fraction of sp³-hybridized carbons (Fsp3) is 0.750. The molecule has 1 spiro atoms. The molecule has 1 N–H and O–H groups in total. The molecule has 0 aromatic rings. The molecule has 2 rings (SSSR count). The summed E-state index contributed by atoms with van der Waals surface area (Å²) >= 11 is 0. The van der Waals surface area contributed by atoms with Gasteiger partial charge in [-0.2, -0.15) is 0 Å². The minimum absolute atomic E-state index is 0.722. The molecule has 1 heterocycles. The van der Waals surface area contributed by atoms with E-state index in [0.29, 0.717) is 0 Å². The monoisotopic (exact) mass is 123 g/mol. The van der Waals surface area contributed by atoms with Crippen LogP contribution in [0.15, 0.2) is 11.8 Å². The summed E-state index contributed by atoms with van der Waals surface area (Å²) < 4.78 is 0. The molecule has 0 aromatic heterocycles. The summed E-state index contributed by atoms with van der Waals surface area (Å²) in [6, 6.07) is 0. The molecule has 0 unspecified atom stereocenters. The first-order valence-electron chi connectivity index (χ1n) is 3.71. The average Bonchev–Trinajstić information content (AvgIpc) is 2.60. The molecule has 1 heteroatoms. The standard InChI is InChI=1S/C8H13N/c1-7-2-3-8(4-5-8)6-9-7/h2,9H,3-6H2,1H3. The zero-order valence-corrected chi connectivity index (χ0v) is 5.91. The maximum absolute atomic E-state index is 3.40. The van der Waals surface area contributed by atoms with E-state index in [-0.39, 0.29) is 0 Å². The molecule has 1 fully saturated rings. The van der Waals surface area contributed by atoms with Gasteiger partial charge in [0.05, 0.1) is 0 Å². The lowest BCUT2D eigenvalue weighted by atomic mass is 9.99. The zero-order chi connectivity index (χ0) is 6.32. The third-order valence-electron chi connectivity index (χ3n) is 2.54. The van der Waals surface area contributed by atoms with E-state index in [0.717, 1.165) is 5.41 Å². The van der Waals surface area contributed by atoms with Crippen LogP contribution >= 0.6 is 0 Å². The summed E-state index contributed by atoms with van der Waals surface area (Å²) in [7, 11) is 0. The Morgan fingerprint density at radius 2 is 2.33 bits per heavy atom. The van der Waals surface area contributed by atoms with E-state index in [1.165, 1.54) is 31.5 Å². The second-order valence-electron chi connectivity index (χ2n) is 3.44. The van der Waals surface area contributed by atoms with Crippen LogP contribution in [-0.4, -0.2) is 6.54 Å². The Morgan fingerprint density at radius 1 is 1.56 bits per heavy atom. The highest BCUT2D eigenvalue weighted by atomic mass is 14.9. The van der Waals surface area contributed by atoms with Gasteiger partial charge in [0.1, 0.15) is 0 Å². The molecular weight excluding hydrogens is 110 g/mol. The smallest absolute Gasteiger partial charge is 0.0203 e. The van der Waals surface area contributed by atoms with E-state index in [1.54, 1.807) is 0 Å². The van der Waals surface area contributed by atoms with E-state index in [4.69, 9.17) is 0 Å². The SMILES string of the molecule is CC1=CCC2(CC2)CN1. The third-order valence-corrected chi connectivity index (χ3v) is 2.54. The van der Waals surface area contributed by atoms with Gasteiger partial charge >= 0.3 is 0 Å². The molecule has 1 aliphatic carbocycles. The normalized spacial score (nSPS) is 29.2. The van der Waals surface area contributed by atoms with Gasteiger partial charge in [-0.05, 0) is 31.6 Å². The van der Waals surface area contributed by atoms with Crippen LogP contribution in [-0.2, 0) is 0 Å². The molecule has 50 valence electrons. The van der Waals surface area contributed by atoms with Crippen molar-refractivity contribution in [3.8, 4) is 0 Å². The molecule has 0 aromatic carbocycles. The molecule has 0 saturated heterocycles. The van der Waals surface area contributed by atoms with E-state index >= 15 is 0 Å². The van der Waals surface area contributed by atoms with E-state index in [2.05, 4.69) is 18.3 Å². The maximum Gasteiger partial charge on any atom is 0.0203 e. The lowest BCUT2D eigenvalue weighted by Gasteiger charge is -2.20. The van der Waals surface area contributed by atoms with Gasteiger partial charge in [-0.1, -0.05) is 6.08 Å². The van der Waals surface area contributed by atoms with Crippen molar-refractivity contribution >= 4 is 0 Å². The van der Waals surface area contributed by atoms with Crippen molar-refractivity contribution in [2.75, 3.05) is 6.54 Å². The number of rotatable bonds is 0. The lowest BCUT2D eigenvalue weighted by molar-refractivity contribution is 0.463. The van der Waals surface area contributed by atoms with Gasteiger partial charge in [-0.15, -0.1) is 0 Å². The van der Waals surface area contributed by atoms with Crippen molar-refractivity contribution in [1.82, 2.24) is 5.32 Å². The van der Waals surface area contributed by atoms with Crippen molar-refractivity contribution in [3.05, 3.63) is 11.8 Å². The Bertz CT molecular complexity index is 154. The predicted molar refractivity (Wildman–Crippen MR) is 38.0 cm³/mol. The number of nitrogens with one attached hydrogen (secondary N) is 1. The first-order chi connectivity index (χ1) is 4.31. The quantitative estimate of drug-likeness (QED) is 0.516. The first-order valence-corrected chi connectivity index (χ1v) is 3.71. The summed E-state index contributed by atoms with van der Waals surface area (Å²) in [5, 5.41) is 3.40. The molecule has 1 nitrogen and oxygen atoms in total. The van der Waals surface area contributed by atoms with Gasteiger partial charge in [-0.25, -0.2) is 0 Å². The van der Waals surface area contributed by atoms with Crippen LogP contribution in [0.25, 0.3) is 0 Å². The highest BCUT2D eigenvalue weighted by Gasteiger charge is 2.42. The number of hydrogen-bond donors (Lipinski definition) is 1. The van der Waals surface area contributed by atoms with Crippen LogP contribution in [0.2, 0.25) is 0 Å². The molecule has 0 amide bonds. The molecule has 0 bridgehead atoms. The minimum atomic E-state index is 0.722. The molecule has 1 saturated carbocycles. The number of hydrogen-bond acceptors (Lipinski definition) is 1. The lowest BCUT2D eigenvalue weighted by Crippen LogP contribution is -2.26. The van der Waals surface area contributed by atoms with E-state index in [9.17, 15) is 0 Å². The molecule has 1 aliphatic heterocycles. The Kier molecular flexibility index (Phi) is 0.904. The van der Waals surface area contributed by atoms with Gasteiger partial charge in [0, 0.05) is 12.2 Å². The van der Waals surface area contributed by atoms with Crippen LogP contribution < -0.4 is 5.32 Å². The van der Waals surface area contributed by atoms with Crippen LogP contribution in [0.4, 0.5) is 0 Å². The van der Waals surface area contributed by atoms with Crippen LogP contribution in [0.5, 0.6) is 0 Å². The Morgan fingerprint density at radius 3 is 2.78 bits per heavy atom. The van der Waals surface area contributed by atoms with Crippen molar-refractivity contribution in [1.29, 1.82) is 0 Å². The summed E-state index contributed by atoms with van der Waals surface area (Å²) in [5.41, 5.74) is 2.09. The van der Waals surface area contributed by atoms with E-state index < -0.39 is 0 Å². The van der Waals surface area contributed by atoms with Crippen LogP contribution in [0.1, 0.15) is 26.2 Å². The Hall–Kier alpha value is -0.460. The third kappa shape index (κ3) is 0.846. The summed E-state index contributed by atoms with van der Waals surface area (Å²) in [6.45, 7) is 3.38. The largest absolute Gasteiger partial charge is 0.388 e. The topological polar surface area (TPSA) is 12.0 Å². The van der Waals surface area contributed by atoms with Crippen LogP contribution in [0.3, 0.4) is 0 Å². The second kappa shape index (κ2) is 1.53. The van der Waals surface area contributed by atoms with Crippen molar-refractivity contribution in [2.24, 2.45) is 5.41 Å². The van der Waals surface area contributed by atoms with Gasteiger partial charge in [0.15, 0.2) is 0 Å². The van der Waals surface area contributed by atoms with Crippen molar-refractivity contribution in [2.45, 2.75) is 26.2 Å². The summed E-state index contributed by atoms with van der Waals surface area (Å²) in [5.74, 6) is 0. The van der Waals surface area contributed by atoms with Crippen LogP contribution in [0, 0.1) is 5.41 Å². The Balaban J connectivity index is 2.07. The van der Waals surface area contributed by atoms with Crippen molar-refractivity contribution < 1.29 is 0 Å². The number of allylic oxidation sites excluding steroid dienone is 2. The fourth-order valence-corrected chi connectivity index (χ4v) is 1.40. The summed E-state index contributed by atoms with van der Waals surface area (Å²) in [6.07, 6.45) is 6.55. The fourth-order valence-electron chi connectivity index (χ4n) is 1.40. The molecule has 9 heavy (non-hydrogen) atoms. The predicted octanol–water partition coefficient (Wildman–Crippen LogP) is 1.66. The maximum atomic E-state index is 3.40. The van der Waals surface area contributed by atoms with E-state index in [1.807, 2.05) is 0 Å².